The molecule has 0 aliphatic carbocycles. The van der Waals surface area contributed by atoms with Crippen LogP contribution in [0.5, 0.6) is 0 Å². The van der Waals surface area contributed by atoms with E-state index in [-0.39, 0.29) is 5.56 Å². The first-order chi connectivity index (χ1) is 8.68. The summed E-state index contributed by atoms with van der Waals surface area (Å²) in [5, 5.41) is 15.9. The van der Waals surface area contributed by atoms with Crippen molar-refractivity contribution in [1.29, 1.82) is 0 Å². The predicted octanol–water partition coefficient (Wildman–Crippen LogP) is -0.452. The number of nitrogens with one attached hydrogen (secondary N) is 1. The van der Waals surface area contributed by atoms with Crippen molar-refractivity contribution in [3.05, 3.63) is 40.8 Å². The van der Waals surface area contributed by atoms with Crippen LogP contribution in [0.1, 0.15) is 0 Å². The highest BCUT2D eigenvalue weighted by molar-refractivity contribution is 5.76. The number of hydrogen-bond acceptors (Lipinski definition) is 3. The number of rotatable bonds is 2. The van der Waals surface area contributed by atoms with Crippen LogP contribution in [0.2, 0.25) is 0 Å². The largest absolute Gasteiger partial charge is 0.479 e. The number of carbonyl (C=O) groups is 1. The van der Waals surface area contributed by atoms with Gasteiger partial charge in [0.2, 0.25) is 6.20 Å². The molecule has 0 aliphatic rings. The molecule has 7 nitrogen and oxygen atoms in total. The fourth-order valence-electron chi connectivity index (χ4n) is 2.01. The van der Waals surface area contributed by atoms with Crippen LogP contribution in [-0.4, -0.2) is 26.0 Å². The number of benzene rings is 1. The van der Waals surface area contributed by atoms with E-state index in [1.807, 2.05) is 0 Å². The van der Waals surface area contributed by atoms with Crippen LogP contribution in [-0.2, 0) is 11.3 Å². The van der Waals surface area contributed by atoms with Gasteiger partial charge in [-0.2, -0.15) is 0 Å². The van der Waals surface area contributed by atoms with Gasteiger partial charge >= 0.3 is 11.5 Å². The third-order valence-corrected chi connectivity index (χ3v) is 2.76. The zero-order valence-corrected chi connectivity index (χ0v) is 9.20. The van der Waals surface area contributed by atoms with Crippen molar-refractivity contribution >= 4 is 22.5 Å². The third kappa shape index (κ3) is 1.37. The Hall–Kier alpha value is -2.70. The minimum absolute atomic E-state index is 0.339. The van der Waals surface area contributed by atoms with E-state index in [1.54, 1.807) is 28.8 Å². The highest BCUT2D eigenvalue weighted by Gasteiger charge is 2.19. The van der Waals surface area contributed by atoms with Crippen molar-refractivity contribution in [1.82, 2.24) is 14.9 Å². The third-order valence-electron chi connectivity index (χ3n) is 2.76. The summed E-state index contributed by atoms with van der Waals surface area (Å²) in [6.45, 7) is -0.396. The lowest BCUT2D eigenvalue weighted by Gasteiger charge is -2.01. The molecule has 1 aromatic carbocycles. The number of nitrogens with zero attached hydrogens (tertiary/aromatic N) is 3. The molecule has 0 amide bonds. The molecule has 0 radical (unpaired) electrons. The van der Waals surface area contributed by atoms with Crippen molar-refractivity contribution in [3.8, 4) is 0 Å². The van der Waals surface area contributed by atoms with Crippen molar-refractivity contribution in [2.24, 2.45) is 0 Å². The Labute approximate surface area is 99.9 Å². The quantitative estimate of drug-likeness (QED) is 0.598. The molecule has 0 fully saturated rings. The van der Waals surface area contributed by atoms with Crippen molar-refractivity contribution in [3.63, 3.8) is 0 Å². The number of aromatic amines is 1. The highest BCUT2D eigenvalue weighted by Crippen LogP contribution is 2.05. The molecule has 0 saturated carbocycles. The molecule has 3 aromatic rings. The molecule has 0 saturated heterocycles. The lowest BCUT2D eigenvalue weighted by atomic mass is 10.2. The van der Waals surface area contributed by atoms with Gasteiger partial charge in [-0.05, 0) is 17.2 Å². The summed E-state index contributed by atoms with van der Waals surface area (Å²) < 4.78 is 2.76. The number of aromatic nitrogens is 4. The first kappa shape index (κ1) is 10.5. The maximum absolute atomic E-state index is 12.2. The molecule has 3 rings (SSSR count). The van der Waals surface area contributed by atoms with E-state index in [0.717, 1.165) is 0 Å². The van der Waals surface area contributed by atoms with Crippen molar-refractivity contribution in [2.75, 3.05) is 0 Å². The highest BCUT2D eigenvalue weighted by atomic mass is 16.4. The fraction of sp³-hybridized carbons (Fsp3) is 0.0909. The summed E-state index contributed by atoms with van der Waals surface area (Å²) in [5.74, 6) is -1.07. The molecule has 0 atom stereocenters. The SMILES string of the molecule is O=C(O)Cn1c(=O)c2ccccc2[n+]2[nH]ncc12. The second-order valence-corrected chi connectivity index (χ2v) is 3.85. The Morgan fingerprint density at radius 2 is 2.22 bits per heavy atom. The van der Waals surface area contributed by atoms with Gasteiger partial charge in [0.05, 0.1) is 5.39 Å². The standard InChI is InChI=1S/C11H8N4O3/c16-10(17)6-14-9-5-12-13-15(9)8-4-2-1-3-7(8)11(14)18/h1-5H,6H2,(H,16,17)/p+1. The molecule has 0 unspecified atom stereocenters. The first-order valence-corrected chi connectivity index (χ1v) is 5.27. The molecule has 2 aromatic heterocycles. The van der Waals surface area contributed by atoms with Crippen LogP contribution in [0.3, 0.4) is 0 Å². The van der Waals surface area contributed by atoms with Crippen LogP contribution < -0.4 is 10.1 Å². The Morgan fingerprint density at radius 1 is 1.44 bits per heavy atom. The summed E-state index contributed by atoms with van der Waals surface area (Å²) in [6, 6.07) is 6.96. The second kappa shape index (κ2) is 3.66. The number of carboxylic acid groups (broad SMARTS) is 1. The average molecular weight is 245 g/mol. The van der Waals surface area contributed by atoms with E-state index < -0.39 is 12.5 Å². The Kier molecular flexibility index (Phi) is 2.12. The summed E-state index contributed by atoms with van der Waals surface area (Å²) in [6.07, 6.45) is 1.43. The molecule has 2 heterocycles. The molecule has 0 aliphatic heterocycles. The van der Waals surface area contributed by atoms with Gasteiger partial charge in [-0.3, -0.25) is 4.79 Å². The van der Waals surface area contributed by atoms with Gasteiger partial charge in [-0.25, -0.2) is 9.36 Å². The van der Waals surface area contributed by atoms with Gasteiger partial charge in [0, 0.05) is 0 Å². The fourth-order valence-corrected chi connectivity index (χ4v) is 2.01. The summed E-state index contributed by atoms with van der Waals surface area (Å²) >= 11 is 0. The van der Waals surface area contributed by atoms with Crippen LogP contribution in [0, 0.1) is 0 Å². The molecular formula is C11H9N4O3+. The maximum atomic E-state index is 12.2. The van der Waals surface area contributed by atoms with Crippen LogP contribution in [0.25, 0.3) is 16.6 Å². The average Bonchev–Trinajstić information content (AvgIpc) is 2.83. The van der Waals surface area contributed by atoms with E-state index in [9.17, 15) is 9.59 Å². The molecule has 0 bridgehead atoms. The van der Waals surface area contributed by atoms with Gasteiger partial charge in [0.25, 0.3) is 5.65 Å². The van der Waals surface area contributed by atoms with Gasteiger partial charge in [-0.1, -0.05) is 12.1 Å². The van der Waals surface area contributed by atoms with E-state index in [0.29, 0.717) is 16.6 Å². The molecule has 2 N–H and O–H groups in total. The minimum atomic E-state index is -1.07. The Bertz CT molecular complexity index is 818. The van der Waals surface area contributed by atoms with Gasteiger partial charge in [-0.15, -0.1) is 9.73 Å². The number of carboxylic acids is 1. The number of H-pyrrole nitrogens is 1. The normalized spacial score (nSPS) is 11.1. The van der Waals surface area contributed by atoms with Crippen LogP contribution >= 0.6 is 0 Å². The smallest absolute Gasteiger partial charge is 0.338 e. The number of hydrogen-bond donors (Lipinski definition) is 2. The lowest BCUT2D eigenvalue weighted by Crippen LogP contribution is -2.36. The summed E-state index contributed by atoms with van der Waals surface area (Å²) in [7, 11) is 0. The first-order valence-electron chi connectivity index (χ1n) is 5.27. The molecular weight excluding hydrogens is 236 g/mol. The number of para-hydroxylation sites is 1. The Balaban J connectivity index is 2.52. The second-order valence-electron chi connectivity index (χ2n) is 3.85. The zero-order chi connectivity index (χ0) is 12.7. The Morgan fingerprint density at radius 3 is 3.00 bits per heavy atom. The molecule has 90 valence electrons. The van der Waals surface area contributed by atoms with Crippen molar-refractivity contribution in [2.45, 2.75) is 6.54 Å². The topological polar surface area (TPSA) is 92.1 Å². The zero-order valence-electron chi connectivity index (χ0n) is 9.20. The monoisotopic (exact) mass is 245 g/mol. The minimum Gasteiger partial charge on any atom is -0.479 e. The van der Waals surface area contributed by atoms with Gasteiger partial charge < -0.3 is 5.11 Å². The summed E-state index contributed by atoms with van der Waals surface area (Å²) in [5.41, 5.74) is 0.743. The van der Waals surface area contributed by atoms with E-state index >= 15 is 0 Å². The summed E-state index contributed by atoms with van der Waals surface area (Å²) in [4.78, 5) is 23.0. The lowest BCUT2D eigenvalue weighted by molar-refractivity contribution is -0.557. The van der Waals surface area contributed by atoms with Crippen LogP contribution in [0.15, 0.2) is 35.3 Å². The predicted molar refractivity (Wildman–Crippen MR) is 61.1 cm³/mol. The molecule has 0 spiro atoms. The molecule has 18 heavy (non-hydrogen) atoms. The van der Waals surface area contributed by atoms with Crippen molar-refractivity contribution < 1.29 is 14.4 Å². The van der Waals surface area contributed by atoms with Gasteiger partial charge in [0.1, 0.15) is 5.52 Å². The van der Waals surface area contributed by atoms with E-state index in [2.05, 4.69) is 10.3 Å². The number of aliphatic carboxylic acids is 1. The maximum Gasteiger partial charge on any atom is 0.338 e. The van der Waals surface area contributed by atoms with Crippen LogP contribution in [0.4, 0.5) is 0 Å². The molecule has 7 heteroatoms. The number of fused-ring (bicyclic) bond motifs is 3. The van der Waals surface area contributed by atoms with E-state index in [1.165, 1.54) is 10.8 Å². The van der Waals surface area contributed by atoms with Gasteiger partial charge in [0.15, 0.2) is 6.54 Å². The van der Waals surface area contributed by atoms with E-state index in [4.69, 9.17) is 5.11 Å².